The number of ether oxygens (including phenoxy) is 2. The van der Waals surface area contributed by atoms with Crippen molar-refractivity contribution in [3.8, 4) is 17.2 Å². The summed E-state index contributed by atoms with van der Waals surface area (Å²) in [7, 11) is 3.12. The fourth-order valence-corrected chi connectivity index (χ4v) is 4.00. The molecule has 5 heteroatoms. The molecule has 4 rings (SSSR count). The van der Waals surface area contributed by atoms with Crippen LogP contribution < -0.4 is 9.47 Å². The Kier molecular flexibility index (Phi) is 5.88. The van der Waals surface area contributed by atoms with E-state index in [1.807, 2.05) is 12.1 Å². The van der Waals surface area contributed by atoms with E-state index in [2.05, 4.69) is 52.3 Å². The Labute approximate surface area is 172 Å². The van der Waals surface area contributed by atoms with Gasteiger partial charge < -0.3 is 14.6 Å². The van der Waals surface area contributed by atoms with Crippen molar-refractivity contribution in [1.29, 1.82) is 0 Å². The molecule has 0 aromatic heterocycles. The lowest BCUT2D eigenvalue weighted by atomic mass is 10.1. The van der Waals surface area contributed by atoms with E-state index in [9.17, 15) is 5.11 Å². The number of aromatic hydroxyl groups is 1. The molecule has 3 aromatic rings. The molecule has 1 N–H and O–H groups in total. The first kappa shape index (κ1) is 19.6. The Bertz CT molecular complexity index is 956. The zero-order chi connectivity index (χ0) is 20.2. The third-order valence-electron chi connectivity index (χ3n) is 5.63. The van der Waals surface area contributed by atoms with E-state index in [-0.39, 0.29) is 5.75 Å². The van der Waals surface area contributed by atoms with E-state index in [1.54, 1.807) is 14.2 Å². The van der Waals surface area contributed by atoms with E-state index in [0.717, 1.165) is 44.8 Å². The van der Waals surface area contributed by atoms with Gasteiger partial charge in [-0.05, 0) is 40.1 Å². The van der Waals surface area contributed by atoms with Crippen LogP contribution in [0.15, 0.2) is 54.6 Å². The fraction of sp³-hybridized carbons (Fsp3) is 0.333. The summed E-state index contributed by atoms with van der Waals surface area (Å²) < 4.78 is 10.5. The highest BCUT2D eigenvalue weighted by atomic mass is 16.5. The number of fused-ring (bicyclic) bond motifs is 1. The molecule has 0 bridgehead atoms. The molecule has 1 aliphatic rings. The summed E-state index contributed by atoms with van der Waals surface area (Å²) in [5.41, 5.74) is 2.45. The monoisotopic (exact) mass is 392 g/mol. The van der Waals surface area contributed by atoms with Gasteiger partial charge in [0.25, 0.3) is 0 Å². The minimum atomic E-state index is 0.0546. The summed E-state index contributed by atoms with van der Waals surface area (Å²) in [4.78, 5) is 4.95. The Hall–Kier alpha value is -2.76. The van der Waals surface area contributed by atoms with E-state index in [0.29, 0.717) is 11.5 Å². The van der Waals surface area contributed by atoms with Crippen LogP contribution in [0.1, 0.15) is 11.1 Å². The Morgan fingerprint density at radius 2 is 1.28 bits per heavy atom. The van der Waals surface area contributed by atoms with Gasteiger partial charge in [-0.3, -0.25) is 9.80 Å². The van der Waals surface area contributed by atoms with E-state index < -0.39 is 0 Å². The van der Waals surface area contributed by atoms with Crippen molar-refractivity contribution < 1.29 is 14.6 Å². The number of phenolic OH excluding ortho intramolecular Hbond substituents is 1. The largest absolute Gasteiger partial charge is 0.502 e. The molecule has 0 atom stereocenters. The molecule has 1 fully saturated rings. The molecule has 0 spiro atoms. The summed E-state index contributed by atoms with van der Waals surface area (Å²) in [6.07, 6.45) is 0. The smallest absolute Gasteiger partial charge is 0.200 e. The van der Waals surface area contributed by atoms with Crippen molar-refractivity contribution in [2.45, 2.75) is 13.1 Å². The van der Waals surface area contributed by atoms with Gasteiger partial charge in [0.1, 0.15) is 0 Å². The number of rotatable bonds is 6. The van der Waals surface area contributed by atoms with Gasteiger partial charge in [-0.2, -0.15) is 0 Å². The Morgan fingerprint density at radius 1 is 0.724 bits per heavy atom. The van der Waals surface area contributed by atoms with Gasteiger partial charge in [-0.25, -0.2) is 0 Å². The van der Waals surface area contributed by atoms with Crippen LogP contribution in [0, 0.1) is 0 Å². The summed E-state index contributed by atoms with van der Waals surface area (Å²) in [6, 6.07) is 19.0. The molecule has 1 heterocycles. The van der Waals surface area contributed by atoms with Crippen molar-refractivity contribution in [1.82, 2.24) is 9.80 Å². The SMILES string of the molecule is COc1cc(CN2CCN(Cc3ccc4ccccc4c3)CC2)cc(OC)c1O. The van der Waals surface area contributed by atoms with Crippen molar-refractivity contribution in [3.63, 3.8) is 0 Å². The predicted molar refractivity (Wildman–Crippen MR) is 116 cm³/mol. The molecule has 0 aliphatic carbocycles. The third-order valence-corrected chi connectivity index (χ3v) is 5.63. The molecule has 3 aromatic carbocycles. The predicted octanol–water partition coefficient (Wildman–Crippen LogP) is 3.88. The highest BCUT2D eigenvalue weighted by molar-refractivity contribution is 5.82. The maximum atomic E-state index is 10.1. The molecule has 152 valence electrons. The minimum Gasteiger partial charge on any atom is -0.502 e. The van der Waals surface area contributed by atoms with Crippen molar-refractivity contribution in [2.75, 3.05) is 40.4 Å². The second-order valence-corrected chi connectivity index (χ2v) is 7.58. The summed E-state index contributed by atoms with van der Waals surface area (Å²) in [5, 5.41) is 12.7. The normalized spacial score (nSPS) is 15.5. The second kappa shape index (κ2) is 8.72. The molecule has 0 unspecified atom stereocenters. The number of piperazine rings is 1. The number of hydrogen-bond donors (Lipinski definition) is 1. The van der Waals surface area contributed by atoms with Crippen LogP contribution >= 0.6 is 0 Å². The average Bonchev–Trinajstić information content (AvgIpc) is 2.76. The summed E-state index contributed by atoms with van der Waals surface area (Å²) in [5.74, 6) is 0.961. The number of nitrogens with zero attached hydrogens (tertiary/aromatic N) is 2. The van der Waals surface area contributed by atoms with Crippen molar-refractivity contribution >= 4 is 10.8 Å². The first-order valence-corrected chi connectivity index (χ1v) is 10.0. The maximum absolute atomic E-state index is 10.1. The second-order valence-electron chi connectivity index (χ2n) is 7.58. The molecule has 1 saturated heterocycles. The van der Waals surface area contributed by atoms with Crippen molar-refractivity contribution in [2.24, 2.45) is 0 Å². The van der Waals surface area contributed by atoms with E-state index in [1.165, 1.54) is 16.3 Å². The number of benzene rings is 3. The lowest BCUT2D eigenvalue weighted by Crippen LogP contribution is -2.45. The molecule has 29 heavy (non-hydrogen) atoms. The molecular weight excluding hydrogens is 364 g/mol. The summed E-state index contributed by atoms with van der Waals surface area (Å²) >= 11 is 0. The number of methoxy groups -OCH3 is 2. The first-order valence-electron chi connectivity index (χ1n) is 10.0. The minimum absolute atomic E-state index is 0.0546. The number of hydrogen-bond acceptors (Lipinski definition) is 5. The molecule has 0 radical (unpaired) electrons. The maximum Gasteiger partial charge on any atom is 0.200 e. The van der Waals surface area contributed by atoms with Gasteiger partial charge in [-0.15, -0.1) is 0 Å². The van der Waals surface area contributed by atoms with Gasteiger partial charge in [0.05, 0.1) is 14.2 Å². The highest BCUT2D eigenvalue weighted by Gasteiger charge is 2.19. The van der Waals surface area contributed by atoms with Crippen LogP contribution in [0.5, 0.6) is 17.2 Å². The van der Waals surface area contributed by atoms with Crippen LogP contribution in [0.25, 0.3) is 10.8 Å². The zero-order valence-corrected chi connectivity index (χ0v) is 17.1. The van der Waals surface area contributed by atoms with Crippen LogP contribution in [0.2, 0.25) is 0 Å². The van der Waals surface area contributed by atoms with Crippen LogP contribution in [0.4, 0.5) is 0 Å². The average molecular weight is 392 g/mol. The van der Waals surface area contributed by atoms with Gasteiger partial charge in [-0.1, -0.05) is 36.4 Å². The zero-order valence-electron chi connectivity index (χ0n) is 17.1. The van der Waals surface area contributed by atoms with Crippen LogP contribution in [-0.4, -0.2) is 55.3 Å². The van der Waals surface area contributed by atoms with Crippen molar-refractivity contribution in [3.05, 3.63) is 65.7 Å². The van der Waals surface area contributed by atoms with E-state index in [4.69, 9.17) is 9.47 Å². The standard InChI is InChI=1S/C24H28N2O3/c1-28-22-14-19(15-23(29-2)24(22)27)17-26-11-9-25(10-12-26)16-18-7-8-20-5-3-4-6-21(20)13-18/h3-8,13-15,27H,9-12,16-17H2,1-2H3. The van der Waals surface area contributed by atoms with Crippen LogP contribution in [-0.2, 0) is 13.1 Å². The third kappa shape index (κ3) is 4.47. The lowest BCUT2D eigenvalue weighted by Gasteiger charge is -2.35. The first-order chi connectivity index (χ1) is 14.2. The molecule has 1 aliphatic heterocycles. The van der Waals surface area contributed by atoms with Gasteiger partial charge >= 0.3 is 0 Å². The Balaban J connectivity index is 1.35. The lowest BCUT2D eigenvalue weighted by molar-refractivity contribution is 0.122. The Morgan fingerprint density at radius 3 is 1.86 bits per heavy atom. The molecule has 0 amide bonds. The molecule has 5 nitrogen and oxygen atoms in total. The van der Waals surface area contributed by atoms with Crippen LogP contribution in [0.3, 0.4) is 0 Å². The highest BCUT2D eigenvalue weighted by Crippen LogP contribution is 2.37. The topological polar surface area (TPSA) is 45.2 Å². The number of phenols is 1. The fourth-order valence-electron chi connectivity index (χ4n) is 4.00. The quantitative estimate of drug-likeness (QED) is 0.690. The molecular formula is C24H28N2O3. The van der Waals surface area contributed by atoms with Gasteiger partial charge in [0.2, 0.25) is 5.75 Å². The van der Waals surface area contributed by atoms with Gasteiger partial charge in [0.15, 0.2) is 11.5 Å². The summed E-state index contributed by atoms with van der Waals surface area (Å²) in [6.45, 7) is 5.91. The van der Waals surface area contributed by atoms with Gasteiger partial charge in [0, 0.05) is 39.3 Å². The molecule has 0 saturated carbocycles. The van der Waals surface area contributed by atoms with E-state index >= 15 is 0 Å².